The number of carboxylic acid groups (broad SMARTS) is 1. The Balaban J connectivity index is 0.00000387. The van der Waals surface area contributed by atoms with Crippen LogP contribution in [0.15, 0.2) is 91.0 Å². The maximum absolute atomic E-state index is 13.4. The molecule has 1 aliphatic rings. The molecule has 0 bridgehead atoms. The summed E-state index contributed by atoms with van der Waals surface area (Å²) in [6, 6.07) is 29.8. The Hall–Kier alpha value is -4.07. The average molecular weight is 574 g/mol. The van der Waals surface area contributed by atoms with Gasteiger partial charge in [-0.15, -0.1) is 12.4 Å². The molecule has 4 aromatic carbocycles. The Labute approximate surface area is 246 Å². The van der Waals surface area contributed by atoms with Crippen molar-refractivity contribution in [3.05, 3.63) is 108 Å². The fourth-order valence-electron chi connectivity index (χ4n) is 5.75. The van der Waals surface area contributed by atoms with Gasteiger partial charge in [-0.2, -0.15) is 0 Å². The lowest BCUT2D eigenvalue weighted by Crippen LogP contribution is -2.47. The van der Waals surface area contributed by atoms with Crippen LogP contribution in [0.1, 0.15) is 46.8 Å². The van der Waals surface area contributed by atoms with E-state index in [4.69, 9.17) is 4.74 Å². The number of rotatable bonds is 8. The van der Waals surface area contributed by atoms with Crippen molar-refractivity contribution in [1.29, 1.82) is 0 Å². The highest BCUT2D eigenvalue weighted by Crippen LogP contribution is 2.34. The summed E-state index contributed by atoms with van der Waals surface area (Å²) in [6.07, 6.45) is 0.849. The predicted molar refractivity (Wildman–Crippen MR) is 165 cm³/mol. The summed E-state index contributed by atoms with van der Waals surface area (Å²) in [5.41, 5.74) is 3.10. The zero-order valence-electron chi connectivity index (χ0n) is 23.2. The van der Waals surface area contributed by atoms with Gasteiger partial charge >= 0.3 is 12.0 Å². The molecule has 8 heteroatoms. The van der Waals surface area contributed by atoms with E-state index in [1.807, 2.05) is 11.0 Å². The van der Waals surface area contributed by atoms with Crippen molar-refractivity contribution in [3.63, 3.8) is 0 Å². The number of urea groups is 1. The Morgan fingerprint density at radius 1 is 1.00 bits per heavy atom. The van der Waals surface area contributed by atoms with Crippen LogP contribution in [0.3, 0.4) is 0 Å². The third-order valence-electron chi connectivity index (χ3n) is 7.92. The van der Waals surface area contributed by atoms with Crippen molar-refractivity contribution in [2.24, 2.45) is 5.92 Å². The van der Waals surface area contributed by atoms with Crippen LogP contribution in [0.2, 0.25) is 0 Å². The number of fused-ring (bicyclic) bond motifs is 1. The number of hydrogen-bond acceptors (Lipinski definition) is 4. The molecule has 3 atom stereocenters. The molecule has 7 nitrogen and oxygen atoms in total. The topological polar surface area (TPSA) is 90.9 Å². The summed E-state index contributed by atoms with van der Waals surface area (Å²) >= 11 is 0. The number of ether oxygens (including phenoxy) is 1. The van der Waals surface area contributed by atoms with Crippen LogP contribution in [0.5, 0.6) is 5.75 Å². The average Bonchev–Trinajstić information content (AvgIpc) is 2.99. The zero-order chi connectivity index (χ0) is 28.1. The van der Waals surface area contributed by atoms with Crippen molar-refractivity contribution >= 4 is 40.9 Å². The van der Waals surface area contributed by atoms with E-state index in [-0.39, 0.29) is 36.0 Å². The van der Waals surface area contributed by atoms with Gasteiger partial charge in [0.05, 0.1) is 18.4 Å². The van der Waals surface area contributed by atoms with E-state index < -0.39 is 5.97 Å². The number of halogens is 1. The highest BCUT2D eigenvalue weighted by atomic mass is 35.5. The zero-order valence-corrected chi connectivity index (χ0v) is 24.1. The van der Waals surface area contributed by atoms with Crippen LogP contribution in [0.25, 0.3) is 10.8 Å². The van der Waals surface area contributed by atoms with E-state index in [1.54, 1.807) is 6.07 Å². The molecule has 2 unspecified atom stereocenters. The number of amides is 2. The van der Waals surface area contributed by atoms with Gasteiger partial charge in [0.2, 0.25) is 0 Å². The summed E-state index contributed by atoms with van der Waals surface area (Å²) in [5.74, 6) is -0.209. The van der Waals surface area contributed by atoms with Crippen LogP contribution in [0.4, 0.5) is 10.5 Å². The van der Waals surface area contributed by atoms with Gasteiger partial charge in [-0.05, 0) is 65.3 Å². The first-order valence-corrected chi connectivity index (χ1v) is 13.7. The van der Waals surface area contributed by atoms with Crippen LogP contribution in [-0.4, -0.2) is 48.8 Å². The lowest BCUT2D eigenvalue weighted by molar-refractivity contribution is 0.0696. The number of nitrogens with zero attached hydrogens (tertiary/aromatic N) is 1. The number of methoxy groups -OCH3 is 1. The first-order valence-electron chi connectivity index (χ1n) is 13.7. The highest BCUT2D eigenvalue weighted by Gasteiger charge is 2.33. The van der Waals surface area contributed by atoms with E-state index in [0.717, 1.165) is 13.0 Å². The summed E-state index contributed by atoms with van der Waals surface area (Å²) in [4.78, 5) is 26.6. The van der Waals surface area contributed by atoms with Crippen LogP contribution >= 0.6 is 12.4 Å². The molecule has 1 heterocycles. The van der Waals surface area contributed by atoms with Gasteiger partial charge in [0, 0.05) is 25.7 Å². The second-order valence-corrected chi connectivity index (χ2v) is 10.4. The van der Waals surface area contributed by atoms with E-state index >= 15 is 0 Å². The molecule has 41 heavy (non-hydrogen) atoms. The molecule has 0 aliphatic carbocycles. The van der Waals surface area contributed by atoms with Crippen LogP contribution < -0.4 is 15.4 Å². The van der Waals surface area contributed by atoms with Gasteiger partial charge in [0.15, 0.2) is 0 Å². The molecule has 0 aromatic heterocycles. The molecule has 1 aliphatic heterocycles. The maximum Gasteiger partial charge on any atom is 0.335 e. The summed E-state index contributed by atoms with van der Waals surface area (Å²) in [7, 11) is 1.46. The molecule has 4 aromatic rings. The fraction of sp³-hybridized carbons (Fsp3) is 0.273. The van der Waals surface area contributed by atoms with E-state index in [9.17, 15) is 14.7 Å². The van der Waals surface area contributed by atoms with Gasteiger partial charge in [-0.1, -0.05) is 72.8 Å². The molecule has 0 spiro atoms. The summed E-state index contributed by atoms with van der Waals surface area (Å²) in [6.45, 7) is 4.16. The number of aromatic carboxylic acids is 1. The van der Waals surface area contributed by atoms with E-state index in [2.05, 4.69) is 84.3 Å². The normalized spacial score (nSPS) is 17.4. The number of nitrogens with one attached hydrogen (secondary N) is 2. The van der Waals surface area contributed by atoms with Crippen molar-refractivity contribution < 1.29 is 19.4 Å². The number of piperidine rings is 1. The maximum atomic E-state index is 13.4. The molecule has 5 rings (SSSR count). The van der Waals surface area contributed by atoms with Crippen LogP contribution in [0, 0.1) is 5.92 Å². The van der Waals surface area contributed by atoms with Crippen LogP contribution in [-0.2, 0) is 0 Å². The molecule has 214 valence electrons. The first-order chi connectivity index (χ1) is 19.4. The number of benzene rings is 4. The summed E-state index contributed by atoms with van der Waals surface area (Å²) < 4.78 is 5.35. The minimum atomic E-state index is -1.05. The minimum Gasteiger partial charge on any atom is -0.495 e. The first kappa shape index (κ1) is 29.9. The fourth-order valence-corrected chi connectivity index (χ4v) is 5.75. The van der Waals surface area contributed by atoms with Crippen molar-refractivity contribution in [1.82, 2.24) is 10.2 Å². The van der Waals surface area contributed by atoms with Gasteiger partial charge in [-0.3, -0.25) is 0 Å². The molecule has 0 saturated carbocycles. The number of likely N-dealkylation sites (tertiary alicyclic amines) is 1. The molecular weight excluding hydrogens is 538 g/mol. The monoisotopic (exact) mass is 573 g/mol. The highest BCUT2D eigenvalue weighted by molar-refractivity contribution is 5.94. The lowest BCUT2D eigenvalue weighted by Gasteiger charge is -2.39. The number of anilines is 1. The van der Waals surface area contributed by atoms with E-state index in [0.29, 0.717) is 30.4 Å². The Morgan fingerprint density at radius 2 is 1.73 bits per heavy atom. The van der Waals surface area contributed by atoms with Gasteiger partial charge in [-0.25, -0.2) is 9.59 Å². The molecule has 3 N–H and O–H groups in total. The molecule has 0 radical (unpaired) electrons. The Morgan fingerprint density at radius 3 is 2.49 bits per heavy atom. The molecule has 2 amide bonds. The quantitative estimate of drug-likeness (QED) is 0.212. The number of carboxylic acids is 1. The standard InChI is InChI=1S/C33H35N3O4.ClH/c1-22(27-14-8-12-24-11-6-7-13-29(24)27)34-20-26-21-36(18-17-28(26)23-9-4-3-5-10-23)33(39)35-30-16-15-25(32(37)38)19-31(30)40-2;/h3-16,19,22,26,28,34H,17-18,20-21H2,1-2H3,(H,35,39)(H,37,38);1H/t22-,26?,28?;/m1./s1. The predicted octanol–water partition coefficient (Wildman–Crippen LogP) is 6.96. The van der Waals surface area contributed by atoms with Crippen molar-refractivity contribution in [2.45, 2.75) is 25.3 Å². The molecule has 1 fully saturated rings. The summed E-state index contributed by atoms with van der Waals surface area (Å²) in [5, 5.41) is 18.5. The second-order valence-electron chi connectivity index (χ2n) is 10.4. The van der Waals surface area contributed by atoms with Gasteiger partial charge in [0.1, 0.15) is 5.75 Å². The Bertz CT molecular complexity index is 1490. The number of carbonyl (C=O) groups is 2. The minimum absolute atomic E-state index is 0. The number of carbonyl (C=O) groups excluding carboxylic acids is 1. The molecule has 1 saturated heterocycles. The van der Waals surface area contributed by atoms with Gasteiger partial charge < -0.3 is 25.4 Å². The second kappa shape index (κ2) is 13.5. The van der Waals surface area contributed by atoms with Crippen molar-refractivity contribution in [3.8, 4) is 5.75 Å². The Kier molecular flexibility index (Phi) is 9.86. The largest absolute Gasteiger partial charge is 0.495 e. The third-order valence-corrected chi connectivity index (χ3v) is 7.92. The van der Waals surface area contributed by atoms with E-state index in [1.165, 1.54) is 41.1 Å². The molecular formula is C33H36ClN3O4. The van der Waals surface area contributed by atoms with Gasteiger partial charge in [0.25, 0.3) is 0 Å². The smallest absolute Gasteiger partial charge is 0.335 e. The SMILES string of the molecule is COc1cc(C(=O)O)ccc1NC(=O)N1CCC(c2ccccc2)C(CN[C@H](C)c2cccc3ccccc23)C1.Cl. The number of hydrogen-bond donors (Lipinski definition) is 3. The van der Waals surface area contributed by atoms with Crippen molar-refractivity contribution in [2.75, 3.05) is 32.1 Å². The lowest BCUT2D eigenvalue weighted by atomic mass is 9.80. The third kappa shape index (κ3) is 6.81.